The van der Waals surface area contributed by atoms with Gasteiger partial charge < -0.3 is 0 Å². The van der Waals surface area contributed by atoms with E-state index in [2.05, 4.69) is 66.8 Å². The molecule has 0 unspecified atom stereocenters. The van der Waals surface area contributed by atoms with E-state index in [1.165, 1.54) is 0 Å². The van der Waals surface area contributed by atoms with Crippen molar-refractivity contribution in [3.63, 3.8) is 0 Å². The second-order valence-electron chi connectivity index (χ2n) is 7.28. The monoisotopic (exact) mass is 397 g/mol. The Kier molecular flexibility index (Phi) is 6.53. The average Bonchev–Trinajstić information content (AvgIpc) is 2.86. The minimum Gasteiger partial charge on any atom is -0.197 e. The lowest BCUT2D eigenvalue weighted by atomic mass is 9.90. The summed E-state index contributed by atoms with van der Waals surface area (Å²) in [6.07, 6.45) is 4.13. The van der Waals surface area contributed by atoms with Gasteiger partial charge in [-0.15, -0.1) is 0 Å². The summed E-state index contributed by atoms with van der Waals surface area (Å²) in [5, 5.41) is 10.1. The number of nitrogens with zero attached hydrogens (tertiary/aromatic N) is 1. The standard InChI is InChI=1S/C30H23N/c31-23-24(21-29(25-13-5-1-6-14-25)26-15-7-2-8-16-26)22-30(27-17-9-3-10-18-27)28-19-11-4-12-20-28/h1-22,24H. The Morgan fingerprint density at radius 1 is 0.484 bits per heavy atom. The topological polar surface area (TPSA) is 23.8 Å². The van der Waals surface area contributed by atoms with Gasteiger partial charge in [-0.25, -0.2) is 0 Å². The molecule has 0 aromatic heterocycles. The lowest BCUT2D eigenvalue weighted by molar-refractivity contribution is 1.08. The first kappa shape index (κ1) is 20.1. The van der Waals surface area contributed by atoms with Gasteiger partial charge in [-0.05, 0) is 33.4 Å². The fourth-order valence-corrected chi connectivity index (χ4v) is 3.67. The highest BCUT2D eigenvalue weighted by Crippen LogP contribution is 2.29. The number of allylic oxidation sites excluding steroid dienone is 2. The number of hydrogen-bond donors (Lipinski definition) is 0. The molecule has 148 valence electrons. The van der Waals surface area contributed by atoms with Crippen LogP contribution in [0.25, 0.3) is 11.1 Å². The second-order valence-corrected chi connectivity index (χ2v) is 7.28. The minimum absolute atomic E-state index is 0.383. The zero-order valence-corrected chi connectivity index (χ0v) is 17.2. The van der Waals surface area contributed by atoms with Gasteiger partial charge in [0.05, 0.1) is 12.0 Å². The van der Waals surface area contributed by atoms with Crippen molar-refractivity contribution in [3.8, 4) is 6.07 Å². The molecule has 0 radical (unpaired) electrons. The summed E-state index contributed by atoms with van der Waals surface area (Å²) in [5.74, 6) is -0.383. The molecular weight excluding hydrogens is 374 g/mol. The van der Waals surface area contributed by atoms with E-state index in [1.54, 1.807) is 0 Å². The Morgan fingerprint density at radius 3 is 0.968 bits per heavy atom. The molecule has 0 aliphatic heterocycles. The molecule has 0 heterocycles. The summed E-state index contributed by atoms with van der Waals surface area (Å²) in [6.45, 7) is 0. The largest absolute Gasteiger partial charge is 0.197 e. The highest BCUT2D eigenvalue weighted by atomic mass is 14.3. The molecule has 0 bridgehead atoms. The van der Waals surface area contributed by atoms with E-state index in [1.807, 2.05) is 72.8 Å². The van der Waals surface area contributed by atoms with Gasteiger partial charge in [0.1, 0.15) is 0 Å². The van der Waals surface area contributed by atoms with Crippen LogP contribution in [0.4, 0.5) is 0 Å². The summed E-state index contributed by atoms with van der Waals surface area (Å²) >= 11 is 0. The first-order valence-corrected chi connectivity index (χ1v) is 10.4. The molecule has 0 aliphatic carbocycles. The van der Waals surface area contributed by atoms with Crippen LogP contribution in [0.5, 0.6) is 0 Å². The maximum absolute atomic E-state index is 10.1. The summed E-state index contributed by atoms with van der Waals surface area (Å²) in [5.41, 5.74) is 6.52. The lowest BCUT2D eigenvalue weighted by Crippen LogP contribution is -1.97. The first-order valence-electron chi connectivity index (χ1n) is 10.4. The molecule has 0 spiro atoms. The van der Waals surface area contributed by atoms with E-state index in [-0.39, 0.29) is 5.92 Å². The Labute approximate surface area is 184 Å². The van der Waals surface area contributed by atoms with Crippen molar-refractivity contribution in [2.24, 2.45) is 5.92 Å². The number of nitriles is 1. The molecule has 31 heavy (non-hydrogen) atoms. The predicted octanol–water partition coefficient (Wildman–Crippen LogP) is 7.39. The Hall–Kier alpha value is -4.15. The predicted molar refractivity (Wildman–Crippen MR) is 129 cm³/mol. The average molecular weight is 398 g/mol. The van der Waals surface area contributed by atoms with Crippen LogP contribution >= 0.6 is 0 Å². The van der Waals surface area contributed by atoms with Crippen LogP contribution in [0, 0.1) is 17.2 Å². The van der Waals surface area contributed by atoms with Crippen LogP contribution in [-0.4, -0.2) is 0 Å². The molecule has 0 fully saturated rings. The van der Waals surface area contributed by atoms with Gasteiger partial charge in [-0.1, -0.05) is 133 Å². The van der Waals surface area contributed by atoms with E-state index in [4.69, 9.17) is 0 Å². The zero-order valence-electron chi connectivity index (χ0n) is 17.2. The van der Waals surface area contributed by atoms with Gasteiger partial charge in [-0.3, -0.25) is 0 Å². The molecular formula is C30H23N. The second kappa shape index (κ2) is 10.1. The third kappa shape index (κ3) is 5.07. The minimum atomic E-state index is -0.383. The molecule has 4 aromatic rings. The molecule has 4 aromatic carbocycles. The third-order valence-corrected chi connectivity index (χ3v) is 5.18. The Balaban J connectivity index is 1.84. The smallest absolute Gasteiger partial charge is 0.0842 e. The van der Waals surface area contributed by atoms with Crippen LogP contribution in [0.2, 0.25) is 0 Å². The molecule has 1 heteroatoms. The summed E-state index contributed by atoms with van der Waals surface area (Å²) in [7, 11) is 0. The molecule has 0 saturated carbocycles. The van der Waals surface area contributed by atoms with Gasteiger partial charge in [0.15, 0.2) is 0 Å². The summed E-state index contributed by atoms with van der Waals surface area (Å²) in [4.78, 5) is 0. The SMILES string of the molecule is N#CC(C=C(c1ccccc1)c1ccccc1)C=C(c1ccccc1)c1ccccc1. The van der Waals surface area contributed by atoms with Crippen LogP contribution in [0.1, 0.15) is 22.3 Å². The molecule has 0 aliphatic rings. The molecule has 4 rings (SSSR count). The van der Waals surface area contributed by atoms with Gasteiger partial charge in [0.25, 0.3) is 0 Å². The van der Waals surface area contributed by atoms with Gasteiger partial charge in [-0.2, -0.15) is 5.26 Å². The zero-order chi connectivity index (χ0) is 21.3. The highest BCUT2D eigenvalue weighted by molar-refractivity contribution is 5.83. The maximum atomic E-state index is 10.1. The van der Waals surface area contributed by atoms with E-state index in [0.717, 1.165) is 33.4 Å². The van der Waals surface area contributed by atoms with Crippen LogP contribution in [0.15, 0.2) is 133 Å². The number of hydrogen-bond acceptors (Lipinski definition) is 1. The van der Waals surface area contributed by atoms with Crippen molar-refractivity contribution >= 4 is 11.1 Å². The van der Waals surface area contributed by atoms with Crippen molar-refractivity contribution in [3.05, 3.63) is 156 Å². The fraction of sp³-hybridized carbons (Fsp3) is 0.0333. The molecule has 0 amide bonds. The summed E-state index contributed by atoms with van der Waals surface area (Å²) in [6, 6.07) is 43.5. The lowest BCUT2D eigenvalue weighted by Gasteiger charge is -2.13. The quantitative estimate of drug-likeness (QED) is 0.333. The number of rotatable bonds is 6. The maximum Gasteiger partial charge on any atom is 0.0842 e. The van der Waals surface area contributed by atoms with E-state index in [9.17, 15) is 5.26 Å². The van der Waals surface area contributed by atoms with Crippen LogP contribution in [-0.2, 0) is 0 Å². The van der Waals surface area contributed by atoms with Gasteiger partial charge in [0.2, 0.25) is 0 Å². The first-order chi connectivity index (χ1) is 15.3. The highest BCUT2D eigenvalue weighted by Gasteiger charge is 2.12. The third-order valence-electron chi connectivity index (χ3n) is 5.18. The van der Waals surface area contributed by atoms with Crippen LogP contribution < -0.4 is 0 Å². The molecule has 0 atom stereocenters. The van der Waals surface area contributed by atoms with Gasteiger partial charge in [0, 0.05) is 0 Å². The van der Waals surface area contributed by atoms with Gasteiger partial charge >= 0.3 is 0 Å². The summed E-state index contributed by atoms with van der Waals surface area (Å²) < 4.78 is 0. The normalized spacial score (nSPS) is 10.2. The Morgan fingerprint density at radius 2 is 0.742 bits per heavy atom. The molecule has 0 N–H and O–H groups in total. The van der Waals surface area contributed by atoms with Crippen molar-refractivity contribution in [1.82, 2.24) is 0 Å². The Bertz CT molecular complexity index is 1020. The van der Waals surface area contributed by atoms with Crippen molar-refractivity contribution in [2.75, 3.05) is 0 Å². The van der Waals surface area contributed by atoms with Crippen molar-refractivity contribution in [1.29, 1.82) is 5.26 Å². The van der Waals surface area contributed by atoms with Crippen molar-refractivity contribution < 1.29 is 0 Å². The van der Waals surface area contributed by atoms with E-state index >= 15 is 0 Å². The van der Waals surface area contributed by atoms with Crippen molar-refractivity contribution in [2.45, 2.75) is 0 Å². The molecule has 0 saturated heterocycles. The number of benzene rings is 4. The van der Waals surface area contributed by atoms with E-state index < -0.39 is 0 Å². The molecule has 1 nitrogen and oxygen atoms in total. The fourth-order valence-electron chi connectivity index (χ4n) is 3.67. The van der Waals surface area contributed by atoms with Crippen LogP contribution in [0.3, 0.4) is 0 Å². The van der Waals surface area contributed by atoms with E-state index in [0.29, 0.717) is 0 Å².